The molecule has 0 aliphatic heterocycles. The number of anilines is 1. The Kier molecular flexibility index (Phi) is 6.13. The smallest absolute Gasteiger partial charge is 0.228 e. The summed E-state index contributed by atoms with van der Waals surface area (Å²) in [4.78, 5) is 24.5. The van der Waals surface area contributed by atoms with Gasteiger partial charge in [0.05, 0.1) is 17.0 Å². The van der Waals surface area contributed by atoms with Crippen LogP contribution in [-0.2, 0) is 21.1 Å². The third kappa shape index (κ3) is 5.24. The molecule has 25 heavy (non-hydrogen) atoms. The predicted octanol–water partition coefficient (Wildman–Crippen LogP) is 3.63. The molecule has 1 amide bonds. The summed E-state index contributed by atoms with van der Waals surface area (Å²) in [5.41, 5.74) is 1.61. The monoisotopic (exact) mass is 423 g/mol. The highest BCUT2D eigenvalue weighted by Gasteiger charge is 2.13. The number of carbonyl (C=O) groups is 2. The van der Waals surface area contributed by atoms with Crippen LogP contribution in [-0.4, -0.2) is 26.4 Å². The lowest BCUT2D eigenvalue weighted by atomic mass is 10.1. The molecule has 2 rings (SSSR count). The molecule has 5 nitrogen and oxygen atoms in total. The lowest BCUT2D eigenvalue weighted by molar-refractivity contribution is -0.115. The fraction of sp³-hybridized carbons (Fsp3) is 0.222. The van der Waals surface area contributed by atoms with Gasteiger partial charge in [-0.05, 0) is 35.9 Å². The van der Waals surface area contributed by atoms with Gasteiger partial charge in [0.15, 0.2) is 15.6 Å². The lowest BCUT2D eigenvalue weighted by Gasteiger charge is -2.11. The van der Waals surface area contributed by atoms with Gasteiger partial charge in [-0.25, -0.2) is 8.42 Å². The van der Waals surface area contributed by atoms with E-state index < -0.39 is 9.84 Å². The fourth-order valence-electron chi connectivity index (χ4n) is 2.28. The highest BCUT2D eigenvalue weighted by Crippen LogP contribution is 2.23. The zero-order chi connectivity index (χ0) is 18.6. The molecule has 2 aromatic carbocycles. The zero-order valence-electron chi connectivity index (χ0n) is 13.9. The van der Waals surface area contributed by atoms with E-state index in [1.807, 2.05) is 0 Å². The second-order valence-corrected chi connectivity index (χ2v) is 8.54. The third-order valence-electron chi connectivity index (χ3n) is 3.59. The standard InChI is InChI=1S/C18H18BrNO4S/c1-3-17(21)15-11-13(19)6-9-16(15)20-18(22)10-12-4-7-14(8-5-12)25(2,23)24/h4-9,11H,3,10H2,1-2H3,(H,20,22). The minimum Gasteiger partial charge on any atom is -0.325 e. The Hall–Kier alpha value is -1.99. The summed E-state index contributed by atoms with van der Waals surface area (Å²) >= 11 is 3.32. The van der Waals surface area contributed by atoms with E-state index in [4.69, 9.17) is 0 Å². The Bertz CT molecular complexity index is 905. The summed E-state index contributed by atoms with van der Waals surface area (Å²) in [6, 6.07) is 11.3. The number of benzene rings is 2. The number of ketones is 1. The average molecular weight is 424 g/mol. The molecule has 132 valence electrons. The Morgan fingerprint density at radius 1 is 1.08 bits per heavy atom. The number of hydrogen-bond acceptors (Lipinski definition) is 4. The van der Waals surface area contributed by atoms with E-state index in [2.05, 4.69) is 21.2 Å². The predicted molar refractivity (Wildman–Crippen MR) is 101 cm³/mol. The Morgan fingerprint density at radius 3 is 2.28 bits per heavy atom. The summed E-state index contributed by atoms with van der Waals surface area (Å²) in [6.07, 6.45) is 1.56. The number of Topliss-reactive ketones (excluding diaryl/α,β-unsaturated/α-hetero) is 1. The summed E-state index contributed by atoms with van der Waals surface area (Å²) in [7, 11) is -3.26. The third-order valence-corrected chi connectivity index (χ3v) is 5.22. The van der Waals surface area contributed by atoms with Gasteiger partial charge in [-0.1, -0.05) is 35.0 Å². The first-order valence-electron chi connectivity index (χ1n) is 7.62. The highest BCUT2D eigenvalue weighted by molar-refractivity contribution is 9.10. The Morgan fingerprint density at radius 2 is 1.72 bits per heavy atom. The van der Waals surface area contributed by atoms with Gasteiger partial charge in [-0.15, -0.1) is 0 Å². The summed E-state index contributed by atoms with van der Waals surface area (Å²) in [6.45, 7) is 1.76. The van der Waals surface area contributed by atoms with E-state index in [0.29, 0.717) is 23.2 Å². The van der Waals surface area contributed by atoms with Crippen molar-refractivity contribution in [1.82, 2.24) is 0 Å². The number of amides is 1. The summed E-state index contributed by atoms with van der Waals surface area (Å²) in [5, 5.41) is 2.75. The number of halogens is 1. The number of nitrogens with one attached hydrogen (secondary N) is 1. The van der Waals surface area contributed by atoms with Crippen molar-refractivity contribution in [2.24, 2.45) is 0 Å². The molecule has 0 saturated carbocycles. The van der Waals surface area contributed by atoms with Crippen molar-refractivity contribution >= 4 is 43.1 Å². The lowest BCUT2D eigenvalue weighted by Crippen LogP contribution is -2.16. The molecule has 0 saturated heterocycles. The maximum atomic E-state index is 12.3. The number of hydrogen-bond donors (Lipinski definition) is 1. The quantitative estimate of drug-likeness (QED) is 0.719. The molecule has 2 aromatic rings. The molecule has 0 fully saturated rings. The minimum atomic E-state index is -3.26. The van der Waals surface area contributed by atoms with Gasteiger partial charge in [0.2, 0.25) is 5.91 Å². The SMILES string of the molecule is CCC(=O)c1cc(Br)ccc1NC(=O)Cc1ccc(S(C)(=O)=O)cc1. The highest BCUT2D eigenvalue weighted by atomic mass is 79.9. The maximum absolute atomic E-state index is 12.3. The summed E-state index contributed by atoms with van der Waals surface area (Å²) in [5.74, 6) is -0.339. The van der Waals surface area contributed by atoms with Crippen molar-refractivity contribution in [3.8, 4) is 0 Å². The van der Waals surface area contributed by atoms with Gasteiger partial charge in [0.1, 0.15) is 0 Å². The molecule has 0 aliphatic carbocycles. The maximum Gasteiger partial charge on any atom is 0.228 e. The second-order valence-electron chi connectivity index (χ2n) is 5.61. The summed E-state index contributed by atoms with van der Waals surface area (Å²) < 4.78 is 23.7. The van der Waals surface area contributed by atoms with E-state index in [1.54, 1.807) is 37.3 Å². The number of rotatable bonds is 6. The van der Waals surface area contributed by atoms with Crippen molar-refractivity contribution in [2.45, 2.75) is 24.7 Å². The van der Waals surface area contributed by atoms with Crippen molar-refractivity contribution < 1.29 is 18.0 Å². The number of sulfone groups is 1. The average Bonchev–Trinajstić information content (AvgIpc) is 2.55. The Labute approximate surface area is 155 Å². The topological polar surface area (TPSA) is 80.3 Å². The van der Waals surface area contributed by atoms with Crippen LogP contribution in [0.1, 0.15) is 29.3 Å². The van der Waals surface area contributed by atoms with Crippen molar-refractivity contribution in [3.63, 3.8) is 0 Å². The minimum absolute atomic E-state index is 0.0610. The van der Waals surface area contributed by atoms with Gasteiger partial charge >= 0.3 is 0 Å². The first kappa shape index (κ1) is 19.3. The van der Waals surface area contributed by atoms with Crippen LogP contribution in [0.3, 0.4) is 0 Å². The van der Waals surface area contributed by atoms with Gasteiger partial charge < -0.3 is 5.32 Å². The zero-order valence-corrected chi connectivity index (χ0v) is 16.3. The van der Waals surface area contributed by atoms with Gasteiger partial charge in [0.25, 0.3) is 0 Å². The fourth-order valence-corrected chi connectivity index (χ4v) is 3.27. The molecule has 0 bridgehead atoms. The molecule has 0 radical (unpaired) electrons. The molecule has 0 spiro atoms. The largest absolute Gasteiger partial charge is 0.325 e. The van der Waals surface area contributed by atoms with Crippen molar-refractivity contribution in [3.05, 3.63) is 58.1 Å². The van der Waals surface area contributed by atoms with Gasteiger partial charge in [-0.3, -0.25) is 9.59 Å². The second kappa shape index (κ2) is 7.93. The molecule has 7 heteroatoms. The molecule has 0 unspecified atom stereocenters. The molecular weight excluding hydrogens is 406 g/mol. The first-order valence-corrected chi connectivity index (χ1v) is 10.3. The molecule has 0 aromatic heterocycles. The van der Waals surface area contributed by atoms with Crippen LogP contribution in [0.5, 0.6) is 0 Å². The van der Waals surface area contributed by atoms with Crippen LogP contribution in [0.25, 0.3) is 0 Å². The molecule has 0 heterocycles. The van der Waals surface area contributed by atoms with Crippen molar-refractivity contribution in [2.75, 3.05) is 11.6 Å². The van der Waals surface area contributed by atoms with Crippen LogP contribution >= 0.6 is 15.9 Å². The number of carbonyl (C=O) groups excluding carboxylic acids is 2. The van der Waals surface area contributed by atoms with E-state index in [1.165, 1.54) is 12.1 Å². The molecular formula is C18H18BrNO4S. The van der Waals surface area contributed by atoms with E-state index in [9.17, 15) is 18.0 Å². The van der Waals surface area contributed by atoms with Crippen LogP contribution < -0.4 is 5.32 Å². The Balaban J connectivity index is 2.14. The van der Waals surface area contributed by atoms with E-state index in [0.717, 1.165) is 10.7 Å². The van der Waals surface area contributed by atoms with Gasteiger partial charge in [0, 0.05) is 22.7 Å². The van der Waals surface area contributed by atoms with Gasteiger partial charge in [-0.2, -0.15) is 0 Å². The van der Waals surface area contributed by atoms with E-state index >= 15 is 0 Å². The van der Waals surface area contributed by atoms with Crippen LogP contribution in [0, 0.1) is 0 Å². The van der Waals surface area contributed by atoms with Crippen LogP contribution in [0.2, 0.25) is 0 Å². The normalized spacial score (nSPS) is 11.2. The van der Waals surface area contributed by atoms with Crippen LogP contribution in [0.4, 0.5) is 5.69 Å². The van der Waals surface area contributed by atoms with Crippen molar-refractivity contribution in [1.29, 1.82) is 0 Å². The van der Waals surface area contributed by atoms with Crippen LogP contribution in [0.15, 0.2) is 51.8 Å². The molecule has 0 atom stereocenters. The first-order chi connectivity index (χ1) is 11.7. The van der Waals surface area contributed by atoms with E-state index in [-0.39, 0.29) is 23.0 Å². The molecule has 1 N–H and O–H groups in total. The molecule has 0 aliphatic rings.